The number of rotatable bonds is 5. The quantitative estimate of drug-likeness (QED) is 0.589. The van der Waals surface area contributed by atoms with Gasteiger partial charge in [-0.25, -0.2) is 0 Å². The lowest BCUT2D eigenvalue weighted by molar-refractivity contribution is 0.356. The van der Waals surface area contributed by atoms with E-state index in [4.69, 9.17) is 14.2 Å². The molecule has 0 atom stereocenters. The van der Waals surface area contributed by atoms with E-state index in [1.54, 1.807) is 32.6 Å². The highest BCUT2D eigenvalue weighted by Crippen LogP contribution is 2.37. The molecule has 3 aromatic carbocycles. The van der Waals surface area contributed by atoms with Crippen molar-refractivity contribution in [2.45, 2.75) is 0 Å². The van der Waals surface area contributed by atoms with Gasteiger partial charge in [-0.15, -0.1) is 0 Å². The number of hydrogen-bond donors (Lipinski definition) is 1. The minimum absolute atomic E-state index is 0.0325. The van der Waals surface area contributed by atoms with Crippen LogP contribution >= 0.6 is 15.9 Å². The van der Waals surface area contributed by atoms with E-state index in [1.165, 1.54) is 7.11 Å². The topological polar surface area (TPSA) is 60.3 Å². The van der Waals surface area contributed by atoms with Gasteiger partial charge in [0.15, 0.2) is 23.0 Å². The maximum atomic E-state index is 10.3. The first-order valence-electron chi connectivity index (χ1n) is 7.83. The predicted molar refractivity (Wildman–Crippen MR) is 107 cm³/mol. The van der Waals surface area contributed by atoms with Crippen molar-refractivity contribution < 1.29 is 19.3 Å². The fourth-order valence-electron chi connectivity index (χ4n) is 2.68. The average molecular weight is 416 g/mol. The minimum atomic E-state index is 0.0325. The molecule has 6 heteroatoms. The summed E-state index contributed by atoms with van der Waals surface area (Å²) in [6, 6.07) is 13.1. The summed E-state index contributed by atoms with van der Waals surface area (Å²) in [6.07, 6.45) is 1.60. The lowest BCUT2D eigenvalue weighted by atomic mass is 10.1. The lowest BCUT2D eigenvalue weighted by Gasteiger charge is -2.11. The summed E-state index contributed by atoms with van der Waals surface area (Å²) >= 11 is 3.43. The third kappa shape index (κ3) is 3.32. The number of aromatic hydroxyl groups is 1. The van der Waals surface area contributed by atoms with Crippen molar-refractivity contribution in [3.63, 3.8) is 0 Å². The van der Waals surface area contributed by atoms with Gasteiger partial charge >= 0.3 is 0 Å². The van der Waals surface area contributed by atoms with Gasteiger partial charge in [-0.3, -0.25) is 4.99 Å². The zero-order valence-corrected chi connectivity index (χ0v) is 16.2. The third-order valence-electron chi connectivity index (χ3n) is 4.04. The zero-order chi connectivity index (χ0) is 18.7. The zero-order valence-electron chi connectivity index (χ0n) is 14.6. The molecular formula is C20H18BrNO4. The molecule has 0 heterocycles. The number of benzene rings is 3. The average Bonchev–Trinajstić information content (AvgIpc) is 2.66. The van der Waals surface area contributed by atoms with E-state index in [9.17, 15) is 5.11 Å². The number of methoxy groups -OCH3 is 3. The Morgan fingerprint density at radius 2 is 1.62 bits per heavy atom. The van der Waals surface area contributed by atoms with Gasteiger partial charge in [-0.2, -0.15) is 0 Å². The monoisotopic (exact) mass is 415 g/mol. The number of nitrogens with zero attached hydrogens (tertiary/aromatic N) is 1. The Morgan fingerprint density at radius 1 is 0.923 bits per heavy atom. The molecule has 0 bridgehead atoms. The summed E-state index contributed by atoms with van der Waals surface area (Å²) in [5.74, 6) is 1.71. The number of phenolic OH excluding ortho intramolecular Hbond substituents is 1. The highest BCUT2D eigenvalue weighted by Gasteiger charge is 2.11. The van der Waals surface area contributed by atoms with Gasteiger partial charge in [-0.1, -0.05) is 12.1 Å². The molecule has 0 fully saturated rings. The first kappa shape index (κ1) is 18.1. The van der Waals surface area contributed by atoms with Crippen LogP contribution in [0.2, 0.25) is 0 Å². The van der Waals surface area contributed by atoms with Gasteiger partial charge in [0, 0.05) is 16.1 Å². The maximum absolute atomic E-state index is 10.3. The second kappa shape index (κ2) is 7.66. The normalized spacial score (nSPS) is 11.1. The Labute approximate surface area is 160 Å². The van der Waals surface area contributed by atoms with Crippen molar-refractivity contribution in [2.24, 2.45) is 4.99 Å². The lowest BCUT2D eigenvalue weighted by Crippen LogP contribution is -1.91. The highest BCUT2D eigenvalue weighted by molar-refractivity contribution is 9.10. The summed E-state index contributed by atoms with van der Waals surface area (Å²) in [6.45, 7) is 0. The van der Waals surface area contributed by atoms with E-state index in [0.717, 1.165) is 20.9 Å². The summed E-state index contributed by atoms with van der Waals surface area (Å²) in [5, 5.41) is 12.2. The van der Waals surface area contributed by atoms with Gasteiger partial charge in [0.1, 0.15) is 0 Å². The maximum Gasteiger partial charge on any atom is 0.167 e. The Hall–Kier alpha value is -2.73. The van der Waals surface area contributed by atoms with Crippen molar-refractivity contribution >= 4 is 38.6 Å². The fourth-order valence-corrected chi connectivity index (χ4v) is 3.11. The third-order valence-corrected chi connectivity index (χ3v) is 4.73. The van der Waals surface area contributed by atoms with E-state index in [1.807, 2.05) is 30.3 Å². The molecule has 0 spiro atoms. The predicted octanol–water partition coefficient (Wildman–Crippen LogP) is 5.08. The van der Waals surface area contributed by atoms with Crippen LogP contribution in [0.25, 0.3) is 10.8 Å². The van der Waals surface area contributed by atoms with Gasteiger partial charge in [-0.05, 0) is 51.6 Å². The molecule has 3 aromatic rings. The van der Waals surface area contributed by atoms with Crippen LogP contribution in [0.3, 0.4) is 0 Å². The smallest absolute Gasteiger partial charge is 0.167 e. The Morgan fingerprint density at radius 3 is 2.31 bits per heavy atom. The summed E-state index contributed by atoms with van der Waals surface area (Å²) in [4.78, 5) is 4.57. The van der Waals surface area contributed by atoms with Gasteiger partial charge in [0.25, 0.3) is 0 Å². The molecular weight excluding hydrogens is 398 g/mol. The first-order chi connectivity index (χ1) is 12.6. The molecule has 5 nitrogen and oxygen atoms in total. The SMILES string of the molecule is COc1cc2cccc(N=Cc3c(Br)ccc(OC)c3O)c2cc1OC. The number of hydrogen-bond acceptors (Lipinski definition) is 5. The number of phenols is 1. The fraction of sp³-hybridized carbons (Fsp3) is 0.150. The molecule has 0 aliphatic carbocycles. The van der Waals surface area contributed by atoms with Gasteiger partial charge < -0.3 is 19.3 Å². The molecule has 0 saturated carbocycles. The van der Waals surface area contributed by atoms with Crippen molar-refractivity contribution in [2.75, 3.05) is 21.3 Å². The molecule has 0 aliphatic rings. The van der Waals surface area contributed by atoms with Crippen LogP contribution in [-0.4, -0.2) is 32.7 Å². The number of fused-ring (bicyclic) bond motifs is 1. The second-order valence-electron chi connectivity index (χ2n) is 5.48. The Balaban J connectivity index is 2.11. The highest BCUT2D eigenvalue weighted by atomic mass is 79.9. The van der Waals surface area contributed by atoms with E-state index in [2.05, 4.69) is 20.9 Å². The van der Waals surface area contributed by atoms with E-state index >= 15 is 0 Å². The second-order valence-corrected chi connectivity index (χ2v) is 6.33. The van der Waals surface area contributed by atoms with Crippen LogP contribution in [0.5, 0.6) is 23.0 Å². The van der Waals surface area contributed by atoms with Crippen molar-refractivity contribution in [3.8, 4) is 23.0 Å². The molecule has 3 rings (SSSR count). The minimum Gasteiger partial charge on any atom is -0.504 e. The van der Waals surface area contributed by atoms with Crippen LogP contribution in [-0.2, 0) is 0 Å². The van der Waals surface area contributed by atoms with E-state index < -0.39 is 0 Å². The molecule has 0 radical (unpaired) electrons. The van der Waals surface area contributed by atoms with Crippen molar-refractivity contribution in [1.29, 1.82) is 0 Å². The van der Waals surface area contributed by atoms with Crippen LogP contribution in [0.1, 0.15) is 5.56 Å². The van der Waals surface area contributed by atoms with Gasteiger partial charge in [0.2, 0.25) is 0 Å². The number of ether oxygens (including phenoxy) is 3. The Bertz CT molecular complexity index is 985. The standard InChI is InChI=1S/C20H18BrNO4/c1-24-17-8-7-15(21)14(20(17)23)11-22-16-6-4-5-12-9-18(25-2)19(26-3)10-13(12)16/h4-11,23H,1-3H3. The molecule has 0 saturated heterocycles. The largest absolute Gasteiger partial charge is 0.504 e. The number of aliphatic imine (C=N–C) groups is 1. The first-order valence-corrected chi connectivity index (χ1v) is 8.62. The Kier molecular flexibility index (Phi) is 5.32. The van der Waals surface area contributed by atoms with Crippen LogP contribution in [0.4, 0.5) is 5.69 Å². The number of halogens is 1. The van der Waals surface area contributed by atoms with E-state index in [0.29, 0.717) is 22.8 Å². The van der Waals surface area contributed by atoms with Crippen molar-refractivity contribution in [1.82, 2.24) is 0 Å². The molecule has 0 unspecified atom stereocenters. The van der Waals surface area contributed by atoms with Crippen molar-refractivity contribution in [3.05, 3.63) is 52.5 Å². The summed E-state index contributed by atoms with van der Waals surface area (Å²) in [5.41, 5.74) is 1.29. The molecule has 134 valence electrons. The molecule has 0 aliphatic heterocycles. The molecule has 1 N–H and O–H groups in total. The van der Waals surface area contributed by atoms with Crippen LogP contribution in [0.15, 0.2) is 51.9 Å². The molecule has 0 amide bonds. The van der Waals surface area contributed by atoms with Crippen LogP contribution in [0, 0.1) is 0 Å². The summed E-state index contributed by atoms with van der Waals surface area (Å²) < 4.78 is 16.6. The van der Waals surface area contributed by atoms with Crippen LogP contribution < -0.4 is 14.2 Å². The molecule has 0 aromatic heterocycles. The van der Waals surface area contributed by atoms with Gasteiger partial charge in [0.05, 0.1) is 32.6 Å². The summed E-state index contributed by atoms with van der Waals surface area (Å²) in [7, 11) is 4.71. The molecule has 26 heavy (non-hydrogen) atoms. The van der Waals surface area contributed by atoms with E-state index in [-0.39, 0.29) is 5.75 Å².